The summed E-state index contributed by atoms with van der Waals surface area (Å²) in [5.74, 6) is 2.68. The van der Waals surface area contributed by atoms with E-state index in [1.54, 1.807) is 0 Å². The van der Waals surface area contributed by atoms with Crippen LogP contribution in [0, 0.1) is 11.3 Å². The molecule has 1 aliphatic heterocycles. The fourth-order valence-corrected chi connectivity index (χ4v) is 4.29. The monoisotopic (exact) mass is 373 g/mol. The van der Waals surface area contributed by atoms with Gasteiger partial charge in [0, 0.05) is 45.0 Å². The molecular weight excluding hydrogens is 338 g/mol. The second-order valence-corrected chi connectivity index (χ2v) is 8.32. The molecule has 27 heavy (non-hydrogen) atoms. The average Bonchev–Trinajstić information content (AvgIpc) is 2.66. The number of guanidine groups is 1. The fraction of sp³-hybridized carbons (Fsp3) is 0.714. The van der Waals surface area contributed by atoms with E-state index in [-0.39, 0.29) is 0 Å². The van der Waals surface area contributed by atoms with Crippen molar-refractivity contribution in [1.29, 1.82) is 0 Å². The second kappa shape index (κ2) is 9.40. The van der Waals surface area contributed by atoms with E-state index in [0.717, 1.165) is 57.1 Å². The average molecular weight is 374 g/mol. The zero-order valence-electron chi connectivity index (χ0n) is 17.1. The molecular formula is C21H35N5O. The lowest BCUT2D eigenvalue weighted by molar-refractivity contribution is 0.104. The summed E-state index contributed by atoms with van der Waals surface area (Å²) in [6.45, 7) is 9.70. The van der Waals surface area contributed by atoms with Gasteiger partial charge in [0.2, 0.25) is 0 Å². The Morgan fingerprint density at radius 1 is 1.30 bits per heavy atom. The molecule has 0 bridgehead atoms. The van der Waals surface area contributed by atoms with Crippen LogP contribution in [0.1, 0.15) is 45.1 Å². The molecule has 0 spiro atoms. The predicted molar refractivity (Wildman–Crippen MR) is 111 cm³/mol. The third kappa shape index (κ3) is 5.34. The highest BCUT2D eigenvalue weighted by molar-refractivity contribution is 5.79. The van der Waals surface area contributed by atoms with Crippen LogP contribution in [-0.4, -0.2) is 50.8 Å². The van der Waals surface area contributed by atoms with Crippen molar-refractivity contribution in [3.8, 4) is 0 Å². The number of anilines is 1. The Morgan fingerprint density at radius 3 is 2.70 bits per heavy atom. The Balaban J connectivity index is 1.55. The van der Waals surface area contributed by atoms with Gasteiger partial charge in [-0.1, -0.05) is 26.3 Å². The van der Waals surface area contributed by atoms with E-state index in [4.69, 9.17) is 4.74 Å². The number of aromatic nitrogens is 1. The quantitative estimate of drug-likeness (QED) is 0.568. The summed E-state index contributed by atoms with van der Waals surface area (Å²) < 4.78 is 5.47. The van der Waals surface area contributed by atoms with Gasteiger partial charge in [0.25, 0.3) is 0 Å². The zero-order chi connectivity index (χ0) is 19.1. The van der Waals surface area contributed by atoms with Crippen molar-refractivity contribution in [1.82, 2.24) is 15.6 Å². The SMILES string of the molecule is CN=C(NCc1cccnc1N1CCOCC1)NCC1(CC(C)C)CCC1. The molecule has 0 unspecified atom stereocenters. The Morgan fingerprint density at radius 2 is 2.07 bits per heavy atom. The maximum Gasteiger partial charge on any atom is 0.191 e. The minimum atomic E-state index is 0.457. The number of nitrogens with zero attached hydrogens (tertiary/aromatic N) is 3. The van der Waals surface area contributed by atoms with E-state index in [2.05, 4.69) is 45.4 Å². The second-order valence-electron chi connectivity index (χ2n) is 8.32. The molecule has 1 aliphatic carbocycles. The summed E-state index contributed by atoms with van der Waals surface area (Å²) in [4.78, 5) is 11.4. The number of rotatable bonds is 7. The molecule has 0 radical (unpaired) electrons. The molecule has 2 N–H and O–H groups in total. The summed E-state index contributed by atoms with van der Waals surface area (Å²) in [5, 5.41) is 7.05. The number of nitrogens with one attached hydrogen (secondary N) is 2. The molecule has 150 valence electrons. The number of hydrogen-bond acceptors (Lipinski definition) is 4. The number of ether oxygens (including phenoxy) is 1. The molecule has 0 aromatic carbocycles. The normalized spacial score (nSPS) is 19.7. The Hall–Kier alpha value is -1.82. The van der Waals surface area contributed by atoms with Gasteiger partial charge < -0.3 is 20.3 Å². The molecule has 0 atom stereocenters. The lowest BCUT2D eigenvalue weighted by atomic mass is 9.64. The molecule has 1 aromatic rings. The van der Waals surface area contributed by atoms with Gasteiger partial charge in [0.05, 0.1) is 13.2 Å². The largest absolute Gasteiger partial charge is 0.378 e. The number of pyridine rings is 1. The van der Waals surface area contributed by atoms with Crippen molar-refractivity contribution < 1.29 is 4.74 Å². The zero-order valence-corrected chi connectivity index (χ0v) is 17.1. The van der Waals surface area contributed by atoms with Crippen molar-refractivity contribution in [3.63, 3.8) is 0 Å². The van der Waals surface area contributed by atoms with Crippen LogP contribution >= 0.6 is 0 Å². The summed E-state index contributed by atoms with van der Waals surface area (Å²) >= 11 is 0. The van der Waals surface area contributed by atoms with Gasteiger partial charge in [-0.25, -0.2) is 4.98 Å². The van der Waals surface area contributed by atoms with Gasteiger partial charge in [0.15, 0.2) is 5.96 Å². The van der Waals surface area contributed by atoms with Gasteiger partial charge in [-0.3, -0.25) is 4.99 Å². The fourth-order valence-electron chi connectivity index (χ4n) is 4.29. The van der Waals surface area contributed by atoms with Crippen LogP contribution < -0.4 is 15.5 Å². The molecule has 3 rings (SSSR count). The van der Waals surface area contributed by atoms with Crippen LogP contribution in [0.3, 0.4) is 0 Å². The van der Waals surface area contributed by atoms with Crippen molar-refractivity contribution >= 4 is 11.8 Å². The smallest absolute Gasteiger partial charge is 0.191 e. The highest BCUT2D eigenvalue weighted by Gasteiger charge is 2.37. The van der Waals surface area contributed by atoms with Crippen LogP contribution in [0.25, 0.3) is 0 Å². The molecule has 2 heterocycles. The van der Waals surface area contributed by atoms with Crippen molar-refractivity contribution in [2.24, 2.45) is 16.3 Å². The summed E-state index contributed by atoms with van der Waals surface area (Å²) in [5.41, 5.74) is 1.65. The first-order valence-corrected chi connectivity index (χ1v) is 10.3. The van der Waals surface area contributed by atoms with E-state index in [1.807, 2.05) is 19.3 Å². The van der Waals surface area contributed by atoms with Crippen molar-refractivity contribution in [3.05, 3.63) is 23.9 Å². The number of aliphatic imine (C=N–C) groups is 1. The Kier molecular flexibility index (Phi) is 6.94. The lowest BCUT2D eigenvalue weighted by Crippen LogP contribution is -2.47. The van der Waals surface area contributed by atoms with Gasteiger partial charge in [-0.15, -0.1) is 0 Å². The summed E-state index contributed by atoms with van der Waals surface area (Å²) in [7, 11) is 1.84. The minimum absolute atomic E-state index is 0.457. The van der Waals surface area contributed by atoms with Crippen LogP contribution in [0.15, 0.2) is 23.3 Å². The van der Waals surface area contributed by atoms with Crippen molar-refractivity contribution in [2.75, 3.05) is 44.8 Å². The van der Waals surface area contributed by atoms with Crippen LogP contribution in [-0.2, 0) is 11.3 Å². The van der Waals surface area contributed by atoms with E-state index < -0.39 is 0 Å². The van der Waals surface area contributed by atoms with E-state index in [9.17, 15) is 0 Å². The topological polar surface area (TPSA) is 61.8 Å². The Bertz CT molecular complexity index is 621. The Labute approximate surface area is 163 Å². The molecule has 0 amide bonds. The van der Waals surface area contributed by atoms with Crippen LogP contribution in [0.5, 0.6) is 0 Å². The van der Waals surface area contributed by atoms with E-state index in [1.165, 1.54) is 31.2 Å². The third-order valence-corrected chi connectivity index (χ3v) is 5.73. The highest BCUT2D eigenvalue weighted by atomic mass is 16.5. The maximum absolute atomic E-state index is 5.47. The number of morpholine rings is 1. The molecule has 2 aliphatic rings. The van der Waals surface area contributed by atoms with Gasteiger partial charge >= 0.3 is 0 Å². The highest BCUT2D eigenvalue weighted by Crippen LogP contribution is 2.45. The van der Waals surface area contributed by atoms with E-state index >= 15 is 0 Å². The molecule has 6 nitrogen and oxygen atoms in total. The van der Waals surface area contributed by atoms with Crippen LogP contribution in [0.4, 0.5) is 5.82 Å². The minimum Gasteiger partial charge on any atom is -0.378 e. The lowest BCUT2D eigenvalue weighted by Gasteiger charge is -2.43. The van der Waals surface area contributed by atoms with Crippen molar-refractivity contribution in [2.45, 2.75) is 46.1 Å². The molecule has 6 heteroatoms. The summed E-state index contributed by atoms with van der Waals surface area (Å²) in [6.07, 6.45) is 7.19. The molecule has 1 saturated heterocycles. The standard InChI is InChI=1S/C21H35N5O/c1-17(2)14-21(7-5-8-21)16-25-20(22-3)24-15-18-6-4-9-23-19(18)26-10-12-27-13-11-26/h4,6,9,17H,5,7-8,10-16H2,1-3H3,(H2,22,24,25). The first-order valence-electron chi connectivity index (χ1n) is 10.3. The predicted octanol–water partition coefficient (Wildman–Crippen LogP) is 2.80. The first kappa shape index (κ1) is 19.9. The molecule has 1 saturated carbocycles. The first-order chi connectivity index (χ1) is 13.1. The maximum atomic E-state index is 5.47. The molecule has 1 aromatic heterocycles. The summed E-state index contributed by atoms with van der Waals surface area (Å²) in [6, 6.07) is 4.15. The third-order valence-electron chi connectivity index (χ3n) is 5.73. The van der Waals surface area contributed by atoms with Gasteiger partial charge in [-0.2, -0.15) is 0 Å². The van der Waals surface area contributed by atoms with Gasteiger partial charge in [-0.05, 0) is 36.7 Å². The van der Waals surface area contributed by atoms with Gasteiger partial charge in [0.1, 0.15) is 5.82 Å². The van der Waals surface area contributed by atoms with Crippen LogP contribution in [0.2, 0.25) is 0 Å². The van der Waals surface area contributed by atoms with E-state index in [0.29, 0.717) is 5.41 Å². The number of hydrogen-bond donors (Lipinski definition) is 2. The molecule has 2 fully saturated rings.